The molecule has 4 heterocycles. The Morgan fingerprint density at radius 1 is 0.925 bits per heavy atom. The molecule has 2 fully saturated rings. The predicted molar refractivity (Wildman–Crippen MR) is 144 cm³/mol. The molecule has 0 unspecified atom stereocenters. The molecule has 2 aliphatic heterocycles. The lowest BCUT2D eigenvalue weighted by Gasteiger charge is -2.24. The average Bonchev–Trinajstić information content (AvgIpc) is 3.59. The molecule has 2 saturated heterocycles. The number of anilines is 1. The molecule has 0 bridgehead atoms. The van der Waals surface area contributed by atoms with Crippen LogP contribution in [0.4, 0.5) is 5.82 Å². The number of carbonyl (C=O) groups excluding carboxylic acids is 2. The van der Waals surface area contributed by atoms with E-state index < -0.39 is 36.3 Å². The molecule has 1 amide bonds. The highest BCUT2D eigenvalue weighted by Crippen LogP contribution is 2.44. The van der Waals surface area contributed by atoms with Crippen LogP contribution in [-0.2, 0) is 18.9 Å². The Labute approximate surface area is 230 Å². The minimum absolute atomic E-state index is 0.0245. The van der Waals surface area contributed by atoms with E-state index in [4.69, 9.17) is 18.9 Å². The Balaban J connectivity index is 1.23. The molecular formula is C29H29N5O6. The van der Waals surface area contributed by atoms with Crippen molar-refractivity contribution < 1.29 is 28.5 Å². The molecule has 11 nitrogen and oxygen atoms in total. The fourth-order valence-corrected chi connectivity index (χ4v) is 4.96. The standard InChI is InChI=1S/C29H29N5O6/c1-16-5-9-18(10-6-16)26(35)33-24-21-25(31-14-30-24)34(15-32-21)27-23-22(39-29(3,4)40-23)20(38-27)13-37-28(36)19-11-7-17(2)8-12-19/h5-12,14-15,20,22-23,27H,13H2,1-4H3,(H,30,31,33,35)/t20-,22-,23-,27-/m1/s1. The van der Waals surface area contributed by atoms with E-state index in [1.54, 1.807) is 35.2 Å². The number of ether oxygens (including phenoxy) is 4. The minimum Gasteiger partial charge on any atom is -0.459 e. The average molecular weight is 544 g/mol. The molecule has 0 spiro atoms. The van der Waals surface area contributed by atoms with Gasteiger partial charge in [0, 0.05) is 5.56 Å². The Kier molecular flexibility index (Phi) is 6.57. The lowest BCUT2D eigenvalue weighted by atomic mass is 10.1. The van der Waals surface area contributed by atoms with Gasteiger partial charge in [-0.25, -0.2) is 19.7 Å². The smallest absolute Gasteiger partial charge is 0.338 e. The third-order valence-corrected chi connectivity index (χ3v) is 6.97. The maximum absolute atomic E-state index is 12.8. The second-order valence-corrected chi connectivity index (χ2v) is 10.5. The molecule has 40 heavy (non-hydrogen) atoms. The fourth-order valence-electron chi connectivity index (χ4n) is 4.96. The number of nitrogens with zero attached hydrogens (tertiary/aromatic N) is 4. The summed E-state index contributed by atoms with van der Waals surface area (Å²) >= 11 is 0. The number of amides is 1. The first kappa shape index (κ1) is 26.1. The summed E-state index contributed by atoms with van der Waals surface area (Å²) < 4.78 is 26.0. The molecule has 0 radical (unpaired) electrons. The van der Waals surface area contributed by atoms with Crippen molar-refractivity contribution in [1.29, 1.82) is 0 Å². The van der Waals surface area contributed by atoms with E-state index in [1.165, 1.54) is 6.33 Å². The van der Waals surface area contributed by atoms with Crippen molar-refractivity contribution in [2.75, 3.05) is 11.9 Å². The first-order valence-electron chi connectivity index (χ1n) is 13.0. The van der Waals surface area contributed by atoms with Gasteiger partial charge in [0.25, 0.3) is 5.91 Å². The highest BCUT2D eigenvalue weighted by atomic mass is 16.8. The Morgan fingerprint density at radius 2 is 1.57 bits per heavy atom. The number of imidazole rings is 1. The first-order valence-corrected chi connectivity index (χ1v) is 13.0. The van der Waals surface area contributed by atoms with E-state index in [-0.39, 0.29) is 18.3 Å². The fraction of sp³-hybridized carbons (Fsp3) is 0.345. The van der Waals surface area contributed by atoms with Crippen LogP contribution in [0.2, 0.25) is 0 Å². The largest absolute Gasteiger partial charge is 0.459 e. The summed E-state index contributed by atoms with van der Waals surface area (Å²) in [7, 11) is 0. The molecule has 0 aliphatic carbocycles. The zero-order chi connectivity index (χ0) is 28.0. The number of fused-ring (bicyclic) bond motifs is 2. The summed E-state index contributed by atoms with van der Waals surface area (Å²) in [5.41, 5.74) is 3.91. The van der Waals surface area contributed by atoms with E-state index in [0.717, 1.165) is 11.1 Å². The van der Waals surface area contributed by atoms with Gasteiger partial charge in [0.15, 0.2) is 29.0 Å². The van der Waals surface area contributed by atoms with Crippen LogP contribution in [0, 0.1) is 13.8 Å². The zero-order valence-electron chi connectivity index (χ0n) is 22.5. The van der Waals surface area contributed by atoms with Crippen LogP contribution in [-0.4, -0.2) is 62.1 Å². The zero-order valence-corrected chi connectivity index (χ0v) is 22.5. The number of nitrogens with one attached hydrogen (secondary N) is 1. The van der Waals surface area contributed by atoms with Gasteiger partial charge in [0.1, 0.15) is 31.2 Å². The maximum atomic E-state index is 12.8. The molecule has 11 heteroatoms. The lowest BCUT2D eigenvalue weighted by molar-refractivity contribution is -0.199. The molecule has 6 rings (SSSR count). The molecule has 2 aromatic carbocycles. The summed E-state index contributed by atoms with van der Waals surface area (Å²) in [6.07, 6.45) is 0.648. The third kappa shape index (κ3) is 4.94. The van der Waals surface area contributed by atoms with E-state index in [0.29, 0.717) is 22.3 Å². The molecule has 0 saturated carbocycles. The second-order valence-electron chi connectivity index (χ2n) is 10.5. The Hall–Kier alpha value is -4.19. The van der Waals surface area contributed by atoms with E-state index >= 15 is 0 Å². The number of carbonyl (C=O) groups is 2. The Bertz CT molecular complexity index is 1570. The number of aryl methyl sites for hydroxylation is 2. The van der Waals surface area contributed by atoms with Crippen LogP contribution >= 0.6 is 0 Å². The van der Waals surface area contributed by atoms with Crippen LogP contribution in [0.1, 0.15) is 51.9 Å². The van der Waals surface area contributed by atoms with E-state index in [1.807, 2.05) is 52.0 Å². The van der Waals surface area contributed by atoms with Gasteiger partial charge < -0.3 is 24.3 Å². The maximum Gasteiger partial charge on any atom is 0.338 e. The molecule has 2 aliphatic rings. The minimum atomic E-state index is -0.866. The topological polar surface area (TPSA) is 127 Å². The van der Waals surface area contributed by atoms with Crippen molar-refractivity contribution in [3.8, 4) is 0 Å². The SMILES string of the molecule is Cc1ccc(C(=O)Nc2ncnc3c2ncn3[C@@H]2O[C@H](COC(=O)c3ccc(C)cc3)[C@H]3OC(C)(C)O[C@H]32)cc1. The van der Waals surface area contributed by atoms with Crippen molar-refractivity contribution in [3.63, 3.8) is 0 Å². The number of benzene rings is 2. The summed E-state index contributed by atoms with van der Waals surface area (Å²) in [5.74, 6) is -1.35. The van der Waals surface area contributed by atoms with Gasteiger partial charge in [-0.3, -0.25) is 9.36 Å². The van der Waals surface area contributed by atoms with Crippen molar-refractivity contribution in [2.24, 2.45) is 0 Å². The van der Waals surface area contributed by atoms with Gasteiger partial charge in [-0.1, -0.05) is 35.4 Å². The highest BCUT2D eigenvalue weighted by Gasteiger charge is 2.56. The highest BCUT2D eigenvalue weighted by molar-refractivity contribution is 6.06. The van der Waals surface area contributed by atoms with Crippen LogP contribution < -0.4 is 5.32 Å². The summed E-state index contributed by atoms with van der Waals surface area (Å²) in [4.78, 5) is 38.6. The summed E-state index contributed by atoms with van der Waals surface area (Å²) in [6.45, 7) is 7.53. The first-order chi connectivity index (χ1) is 19.2. The predicted octanol–water partition coefficient (Wildman–Crippen LogP) is 3.97. The van der Waals surface area contributed by atoms with Crippen molar-refractivity contribution in [2.45, 2.75) is 58.0 Å². The summed E-state index contributed by atoms with van der Waals surface area (Å²) in [5, 5.41) is 2.82. The van der Waals surface area contributed by atoms with E-state index in [9.17, 15) is 9.59 Å². The molecule has 2 aromatic heterocycles. The molecular weight excluding hydrogens is 514 g/mol. The van der Waals surface area contributed by atoms with Crippen LogP contribution in [0.15, 0.2) is 61.2 Å². The number of hydrogen-bond donors (Lipinski definition) is 1. The summed E-state index contributed by atoms with van der Waals surface area (Å²) in [6, 6.07) is 14.4. The van der Waals surface area contributed by atoms with Gasteiger partial charge in [0.05, 0.1) is 11.9 Å². The molecule has 1 N–H and O–H groups in total. The molecule has 4 atom stereocenters. The van der Waals surface area contributed by atoms with Crippen molar-refractivity contribution in [3.05, 3.63) is 83.4 Å². The Morgan fingerprint density at radius 3 is 2.27 bits per heavy atom. The van der Waals surface area contributed by atoms with Gasteiger partial charge in [-0.2, -0.15) is 0 Å². The lowest BCUT2D eigenvalue weighted by Crippen LogP contribution is -2.33. The van der Waals surface area contributed by atoms with Gasteiger partial charge in [-0.15, -0.1) is 0 Å². The van der Waals surface area contributed by atoms with Crippen LogP contribution in [0.25, 0.3) is 11.2 Å². The van der Waals surface area contributed by atoms with Crippen molar-refractivity contribution >= 4 is 28.9 Å². The van der Waals surface area contributed by atoms with Crippen LogP contribution in [0.3, 0.4) is 0 Å². The van der Waals surface area contributed by atoms with Gasteiger partial charge in [0.2, 0.25) is 0 Å². The van der Waals surface area contributed by atoms with E-state index in [2.05, 4.69) is 20.3 Å². The van der Waals surface area contributed by atoms with Gasteiger partial charge >= 0.3 is 5.97 Å². The quantitative estimate of drug-likeness (QED) is 0.359. The normalized spacial score (nSPS) is 23.2. The van der Waals surface area contributed by atoms with Crippen LogP contribution in [0.5, 0.6) is 0 Å². The monoisotopic (exact) mass is 543 g/mol. The second kappa shape index (κ2) is 10.1. The number of esters is 1. The number of rotatable bonds is 6. The molecule has 4 aromatic rings. The number of aromatic nitrogens is 4. The van der Waals surface area contributed by atoms with Gasteiger partial charge in [-0.05, 0) is 52.0 Å². The number of hydrogen-bond acceptors (Lipinski definition) is 9. The molecule has 206 valence electrons. The van der Waals surface area contributed by atoms with Crippen molar-refractivity contribution in [1.82, 2.24) is 19.5 Å². The third-order valence-electron chi connectivity index (χ3n) is 6.97.